The van der Waals surface area contributed by atoms with Gasteiger partial charge in [0.05, 0.1) is 6.04 Å². The highest BCUT2D eigenvalue weighted by atomic mass is 16.2. The Morgan fingerprint density at radius 2 is 1.76 bits per heavy atom. The smallest absolute Gasteiger partial charge is 0.254 e. The molecule has 34 heavy (non-hydrogen) atoms. The Bertz CT molecular complexity index is 1260. The van der Waals surface area contributed by atoms with E-state index in [1.807, 2.05) is 66.4 Å². The first-order valence-corrected chi connectivity index (χ1v) is 12.0. The number of amides is 3. The van der Waals surface area contributed by atoms with Crippen LogP contribution in [0.2, 0.25) is 0 Å². The number of nitrogens with zero attached hydrogens (tertiary/aromatic N) is 1. The number of hydrogen-bond donors (Lipinski definition) is 2. The fraction of sp³-hybridized carbons (Fsp3) is 0.321. The van der Waals surface area contributed by atoms with Gasteiger partial charge in [-0.3, -0.25) is 14.4 Å². The SMILES string of the molecule is CC(NC(=O)C1CCN(C(=O)c2cccc3ccccc23)CC1)c1ccc2c(c1)CCC(=O)N2. The van der Waals surface area contributed by atoms with Gasteiger partial charge in [0.15, 0.2) is 0 Å². The van der Waals surface area contributed by atoms with Crippen LogP contribution in [-0.4, -0.2) is 35.7 Å². The topological polar surface area (TPSA) is 78.5 Å². The van der Waals surface area contributed by atoms with Gasteiger partial charge in [0, 0.05) is 36.7 Å². The second-order valence-corrected chi connectivity index (χ2v) is 9.29. The lowest BCUT2D eigenvalue weighted by molar-refractivity contribution is -0.127. The summed E-state index contributed by atoms with van der Waals surface area (Å²) in [5.41, 5.74) is 3.73. The van der Waals surface area contributed by atoms with E-state index < -0.39 is 0 Å². The van der Waals surface area contributed by atoms with E-state index in [2.05, 4.69) is 16.7 Å². The summed E-state index contributed by atoms with van der Waals surface area (Å²) in [7, 11) is 0. The number of aryl methyl sites for hydroxylation is 1. The number of rotatable bonds is 4. The first-order chi connectivity index (χ1) is 16.5. The summed E-state index contributed by atoms with van der Waals surface area (Å²) in [6, 6.07) is 19.6. The number of hydrogen-bond acceptors (Lipinski definition) is 3. The molecule has 0 radical (unpaired) electrons. The number of anilines is 1. The molecule has 3 aromatic carbocycles. The quantitative estimate of drug-likeness (QED) is 0.610. The van der Waals surface area contributed by atoms with E-state index in [1.54, 1.807) is 0 Å². The number of carbonyl (C=O) groups is 3. The molecule has 3 aromatic rings. The van der Waals surface area contributed by atoms with Gasteiger partial charge in [0.2, 0.25) is 11.8 Å². The van der Waals surface area contributed by atoms with Crippen molar-refractivity contribution in [3.63, 3.8) is 0 Å². The molecule has 1 saturated heterocycles. The van der Waals surface area contributed by atoms with Gasteiger partial charge in [-0.15, -0.1) is 0 Å². The molecule has 5 rings (SSSR count). The largest absolute Gasteiger partial charge is 0.349 e. The second-order valence-electron chi connectivity index (χ2n) is 9.29. The lowest BCUT2D eigenvalue weighted by atomic mass is 9.93. The Labute approximate surface area is 199 Å². The summed E-state index contributed by atoms with van der Waals surface area (Å²) in [4.78, 5) is 39.6. The molecular weight excluding hydrogens is 426 g/mol. The van der Waals surface area contributed by atoms with Crippen LogP contribution in [0.3, 0.4) is 0 Å². The number of likely N-dealkylation sites (tertiary alicyclic amines) is 1. The Kier molecular flexibility index (Phi) is 6.05. The average Bonchev–Trinajstić information content (AvgIpc) is 2.87. The molecule has 0 spiro atoms. The Morgan fingerprint density at radius 1 is 1.00 bits per heavy atom. The van der Waals surface area contributed by atoms with E-state index in [0.29, 0.717) is 32.4 Å². The van der Waals surface area contributed by atoms with E-state index in [1.165, 1.54) is 0 Å². The zero-order valence-electron chi connectivity index (χ0n) is 19.3. The third-order valence-electron chi connectivity index (χ3n) is 7.06. The van der Waals surface area contributed by atoms with Crippen LogP contribution in [0.1, 0.15) is 53.7 Å². The maximum absolute atomic E-state index is 13.2. The number of fused-ring (bicyclic) bond motifs is 2. The summed E-state index contributed by atoms with van der Waals surface area (Å²) >= 11 is 0. The summed E-state index contributed by atoms with van der Waals surface area (Å²) in [6.07, 6.45) is 2.53. The molecule has 2 heterocycles. The highest BCUT2D eigenvalue weighted by molar-refractivity contribution is 6.07. The minimum absolute atomic E-state index is 0.0326. The third kappa shape index (κ3) is 4.40. The molecule has 6 heteroatoms. The molecule has 174 valence electrons. The van der Waals surface area contributed by atoms with Crippen LogP contribution in [0.15, 0.2) is 60.7 Å². The Hall–Kier alpha value is -3.67. The van der Waals surface area contributed by atoms with Gasteiger partial charge >= 0.3 is 0 Å². The molecule has 0 bridgehead atoms. The van der Waals surface area contributed by atoms with Crippen LogP contribution >= 0.6 is 0 Å². The van der Waals surface area contributed by atoms with E-state index >= 15 is 0 Å². The highest BCUT2D eigenvalue weighted by Crippen LogP contribution is 2.27. The zero-order chi connectivity index (χ0) is 23.7. The van der Waals surface area contributed by atoms with Crippen LogP contribution in [0.25, 0.3) is 10.8 Å². The molecule has 1 atom stereocenters. The lowest BCUT2D eigenvalue weighted by Crippen LogP contribution is -2.43. The molecule has 2 aliphatic rings. The first-order valence-electron chi connectivity index (χ1n) is 12.0. The van der Waals surface area contributed by atoms with Crippen molar-refractivity contribution in [3.8, 4) is 0 Å². The van der Waals surface area contributed by atoms with E-state index in [0.717, 1.165) is 39.6 Å². The minimum Gasteiger partial charge on any atom is -0.349 e. The van der Waals surface area contributed by atoms with Gasteiger partial charge in [0.25, 0.3) is 5.91 Å². The Balaban J connectivity index is 1.19. The van der Waals surface area contributed by atoms with Gasteiger partial charge in [-0.1, -0.05) is 48.5 Å². The molecule has 0 saturated carbocycles. The van der Waals surface area contributed by atoms with Crippen LogP contribution in [0.5, 0.6) is 0 Å². The number of nitrogens with one attached hydrogen (secondary N) is 2. The number of carbonyl (C=O) groups excluding carboxylic acids is 3. The molecule has 2 N–H and O–H groups in total. The summed E-state index contributed by atoms with van der Waals surface area (Å²) < 4.78 is 0. The predicted octanol–water partition coefficient (Wildman–Crippen LogP) is 4.45. The van der Waals surface area contributed by atoms with Crippen molar-refractivity contribution in [2.75, 3.05) is 18.4 Å². The molecular formula is C28H29N3O3. The highest BCUT2D eigenvalue weighted by Gasteiger charge is 2.29. The maximum Gasteiger partial charge on any atom is 0.254 e. The van der Waals surface area contributed by atoms with E-state index in [9.17, 15) is 14.4 Å². The molecule has 0 aliphatic carbocycles. The summed E-state index contributed by atoms with van der Waals surface area (Å²) in [6.45, 7) is 3.14. The molecule has 0 aromatic heterocycles. The summed E-state index contributed by atoms with van der Waals surface area (Å²) in [5, 5.41) is 8.07. The van der Waals surface area contributed by atoms with Crippen molar-refractivity contribution in [1.29, 1.82) is 0 Å². The van der Waals surface area contributed by atoms with E-state index in [4.69, 9.17) is 0 Å². The van der Waals surface area contributed by atoms with Crippen LogP contribution in [-0.2, 0) is 16.0 Å². The van der Waals surface area contributed by atoms with Crippen molar-refractivity contribution < 1.29 is 14.4 Å². The first kappa shape index (κ1) is 22.1. The van der Waals surface area contributed by atoms with Gasteiger partial charge in [-0.05, 0) is 60.2 Å². The van der Waals surface area contributed by atoms with Crippen molar-refractivity contribution >= 4 is 34.2 Å². The van der Waals surface area contributed by atoms with Gasteiger partial charge in [0.1, 0.15) is 0 Å². The zero-order valence-corrected chi connectivity index (χ0v) is 19.3. The Morgan fingerprint density at radius 3 is 2.59 bits per heavy atom. The molecule has 2 aliphatic heterocycles. The van der Waals surface area contributed by atoms with Crippen molar-refractivity contribution in [1.82, 2.24) is 10.2 Å². The third-order valence-corrected chi connectivity index (χ3v) is 7.06. The van der Waals surface area contributed by atoms with Crippen molar-refractivity contribution in [2.45, 2.75) is 38.6 Å². The molecule has 1 fully saturated rings. The minimum atomic E-state index is -0.120. The summed E-state index contributed by atoms with van der Waals surface area (Å²) in [5.74, 6) is 0.0174. The van der Waals surface area contributed by atoms with Crippen LogP contribution in [0, 0.1) is 5.92 Å². The van der Waals surface area contributed by atoms with Crippen molar-refractivity contribution in [2.24, 2.45) is 5.92 Å². The van der Waals surface area contributed by atoms with Crippen LogP contribution < -0.4 is 10.6 Å². The second kappa shape index (κ2) is 9.29. The van der Waals surface area contributed by atoms with Crippen molar-refractivity contribution in [3.05, 3.63) is 77.4 Å². The van der Waals surface area contributed by atoms with Gasteiger partial charge in [-0.25, -0.2) is 0 Å². The number of benzene rings is 3. The fourth-order valence-electron chi connectivity index (χ4n) is 5.01. The maximum atomic E-state index is 13.2. The number of piperidine rings is 1. The average molecular weight is 456 g/mol. The molecule has 3 amide bonds. The monoisotopic (exact) mass is 455 g/mol. The van der Waals surface area contributed by atoms with E-state index in [-0.39, 0.29) is 29.7 Å². The van der Waals surface area contributed by atoms with Gasteiger partial charge in [-0.2, -0.15) is 0 Å². The molecule has 1 unspecified atom stereocenters. The molecule has 6 nitrogen and oxygen atoms in total. The predicted molar refractivity (Wildman–Crippen MR) is 133 cm³/mol. The lowest BCUT2D eigenvalue weighted by Gasteiger charge is -2.32. The van der Waals surface area contributed by atoms with Gasteiger partial charge < -0.3 is 15.5 Å². The fourth-order valence-corrected chi connectivity index (χ4v) is 5.01. The normalized spacial score (nSPS) is 17.1. The standard InChI is InChI=1S/C28H29N3O3/c1-18(21-9-11-25-22(17-21)10-12-26(32)30-25)29-27(33)20-13-15-31(16-14-20)28(34)24-8-4-6-19-5-2-3-7-23(19)24/h2-9,11,17-18,20H,10,12-16H2,1H3,(H,29,33)(H,30,32). The van der Waals surface area contributed by atoms with Crippen LogP contribution in [0.4, 0.5) is 5.69 Å².